The quantitative estimate of drug-likeness (QED) is 0.401. The molecule has 0 atom stereocenters. The maximum atomic E-state index is 9.62. The molecule has 0 bridgehead atoms. The molecule has 0 nitrogen and oxygen atoms in total. The van der Waals surface area contributed by atoms with E-state index in [0.29, 0.717) is 0 Å². The van der Waals surface area contributed by atoms with Crippen molar-refractivity contribution in [2.24, 2.45) is 0 Å². The van der Waals surface area contributed by atoms with Gasteiger partial charge in [0.15, 0.2) is 0 Å². The molecule has 0 fully saturated rings. The maximum absolute atomic E-state index is 9.62. The van der Waals surface area contributed by atoms with Gasteiger partial charge >= 0.3 is 0 Å². The van der Waals surface area contributed by atoms with Crippen molar-refractivity contribution in [2.75, 3.05) is 6.93 Å². The zero-order valence-corrected chi connectivity index (χ0v) is 1.87. The number of rotatable bonds is 0. The minimum Gasteiger partial charge on any atom is -0.269 e. The lowest BCUT2D eigenvalue weighted by molar-refractivity contribution is 0.295. The summed E-state index contributed by atoms with van der Waals surface area (Å²) in [6, 6.07) is 0. The molecule has 0 aromatic rings. The van der Waals surface area contributed by atoms with Gasteiger partial charge in [0, 0.05) is 0 Å². The monoisotopic (exact) mass is 72.0 g/mol. The molecule has 0 radical (unpaired) electrons. The molecule has 4 heavy (non-hydrogen) atoms. The molecule has 0 spiro atoms. The molecule has 0 N–H and O–H groups in total. The highest BCUT2D eigenvalue weighted by molar-refractivity contribution is 3.57. The molecule has 0 rings (SSSR count). The van der Waals surface area contributed by atoms with E-state index in [-0.39, 0.29) is 4.70 Å². The van der Waals surface area contributed by atoms with Crippen molar-refractivity contribution in [3.63, 3.8) is 0 Å². The van der Waals surface area contributed by atoms with E-state index in [1.54, 1.807) is 0 Å². The van der Waals surface area contributed by atoms with E-state index in [2.05, 4.69) is 0 Å². The molecule has 0 saturated carbocycles. The fourth-order valence-corrected chi connectivity index (χ4v) is 0. The van der Waals surface area contributed by atoms with Crippen molar-refractivity contribution in [1.29, 1.82) is 0 Å². The fraction of sp³-hybridized carbons (Fsp3) is 1.00. The summed E-state index contributed by atoms with van der Waals surface area (Å²) in [4.78, 5) is 0. The third-order valence-corrected chi connectivity index (χ3v) is 0. The Morgan fingerprint density at radius 1 is 1.25 bits per heavy atom. The highest BCUT2D eigenvalue weighted by Gasteiger charge is 1.44. The fourth-order valence-electron chi connectivity index (χ4n) is 0. The van der Waals surface area contributed by atoms with E-state index in [9.17, 15) is 8.78 Å². The zero-order chi connectivity index (χ0) is 2.71. The van der Waals surface area contributed by atoms with Gasteiger partial charge in [0.25, 0.3) is 0 Å². The van der Waals surface area contributed by atoms with E-state index in [0.717, 1.165) is 0 Å². The first-order valence-electron chi connectivity index (χ1n) is 0.535. The first-order valence-corrected chi connectivity index (χ1v) is 0.535. The molecule has 0 heterocycles. The van der Waals surface area contributed by atoms with Crippen LogP contribution >= 0.6 is 0 Å². The third-order valence-electron chi connectivity index (χ3n) is 0. The summed E-state index contributed by atoms with van der Waals surface area (Å²) in [7, 11) is 0. The number of hydrogen-bond acceptors (Lipinski definition) is 0. The van der Waals surface area contributed by atoms with Gasteiger partial charge in [0.05, 0.1) is 0 Å². The lowest BCUT2D eigenvalue weighted by Gasteiger charge is -1.42. The molecule has 3 heteroatoms. The topological polar surface area (TPSA) is 0 Å². The molecule has 0 saturated heterocycles. The first-order chi connectivity index (χ1) is 1.41. The van der Waals surface area contributed by atoms with Crippen molar-refractivity contribution in [3.05, 3.63) is 0 Å². The van der Waals surface area contributed by atoms with E-state index in [1.807, 2.05) is 0 Å². The third kappa shape index (κ3) is 25.3. The summed E-state index contributed by atoms with van der Waals surface area (Å²) in [5, 5.41) is 0. The Hall–Kier alpha value is -0.210. The van der Waals surface area contributed by atoms with Crippen LogP contribution in [0.3, 0.4) is 0 Å². The van der Waals surface area contributed by atoms with Crippen LogP contribution < -0.4 is 0 Å². The number of hydrogen-bond donors (Lipinski definition) is 0. The van der Waals surface area contributed by atoms with Crippen LogP contribution in [0, 0.1) is 0 Å². The lowest BCUT2D eigenvalue weighted by atomic mass is 11.7. The molecular weight excluding hydrogens is 69.0 g/mol. The summed E-state index contributed by atoms with van der Waals surface area (Å²) >= 11 is 0. The van der Waals surface area contributed by atoms with Gasteiger partial charge in [-0.25, -0.2) is 8.78 Å². The smallest absolute Gasteiger partial charge is 0.229 e. The van der Waals surface area contributed by atoms with E-state index in [1.165, 1.54) is 0 Å². The van der Waals surface area contributed by atoms with Gasteiger partial charge in [0.2, 0.25) is 6.93 Å². The predicted molar refractivity (Wildman–Crippen MR) is 9.59 cm³/mol. The first kappa shape index (κ1) is 9.21. The van der Waals surface area contributed by atoms with Gasteiger partial charge in [-0.05, 0) is 0 Å². The van der Waals surface area contributed by atoms with Crippen molar-refractivity contribution >= 4 is 0 Å². The summed E-state index contributed by atoms with van der Waals surface area (Å²) < 4.78 is 19.2. The molecular formula is CH3F3. The Balaban J connectivity index is 0. The van der Waals surface area contributed by atoms with Gasteiger partial charge < -0.3 is 0 Å². The van der Waals surface area contributed by atoms with E-state index >= 15 is 0 Å². The van der Waals surface area contributed by atoms with Crippen LogP contribution in [-0.2, 0) is 0 Å². The van der Waals surface area contributed by atoms with E-state index in [4.69, 9.17) is 0 Å². The minimum atomic E-state index is -1.75. The molecule has 0 amide bonds. The van der Waals surface area contributed by atoms with Gasteiger partial charge in [-0.2, -0.15) is 0 Å². The number of alkyl halides is 2. The van der Waals surface area contributed by atoms with Crippen molar-refractivity contribution < 1.29 is 13.5 Å². The molecule has 0 unspecified atom stereocenters. The summed E-state index contributed by atoms with van der Waals surface area (Å²) in [6.07, 6.45) is 0. The normalized spacial score (nSPS) is 4.50. The van der Waals surface area contributed by atoms with Crippen LogP contribution in [-0.4, -0.2) is 6.93 Å². The molecule has 0 aliphatic heterocycles. The average molecular weight is 72.0 g/mol. The van der Waals surface area contributed by atoms with Gasteiger partial charge in [-0.3, -0.25) is 4.70 Å². The second-order valence-corrected chi connectivity index (χ2v) is 0.101. The number of halogens is 3. The van der Waals surface area contributed by atoms with Gasteiger partial charge in [-0.1, -0.05) is 0 Å². The summed E-state index contributed by atoms with van der Waals surface area (Å²) in [5.74, 6) is 0. The SMILES string of the molecule is F.FCF. The standard InChI is InChI=1S/CH2F2.FH/c2-1-3;/h1H2;1H. The van der Waals surface area contributed by atoms with Crippen LogP contribution in [0.5, 0.6) is 0 Å². The second kappa shape index (κ2) is 14.3. The van der Waals surface area contributed by atoms with Crippen LogP contribution in [0.25, 0.3) is 0 Å². The Labute approximate surface area is 21.8 Å². The molecule has 0 aliphatic carbocycles. The van der Waals surface area contributed by atoms with Crippen LogP contribution in [0.1, 0.15) is 0 Å². The Kier molecular flexibility index (Phi) is 33.0. The maximum Gasteiger partial charge on any atom is 0.229 e. The Morgan fingerprint density at radius 2 is 1.25 bits per heavy atom. The predicted octanol–water partition coefficient (Wildman–Crippen LogP) is 1.04. The molecule has 28 valence electrons. The zero-order valence-electron chi connectivity index (χ0n) is 1.87. The molecule has 0 aliphatic rings. The highest BCUT2D eigenvalue weighted by atomic mass is 19.3. The Bertz CT molecular complexity index is 3.25. The largest absolute Gasteiger partial charge is 0.269 e. The van der Waals surface area contributed by atoms with Crippen molar-refractivity contribution in [3.8, 4) is 0 Å². The van der Waals surface area contributed by atoms with Crippen molar-refractivity contribution in [2.45, 2.75) is 0 Å². The van der Waals surface area contributed by atoms with Crippen LogP contribution in [0.15, 0.2) is 0 Å². The highest BCUT2D eigenvalue weighted by Crippen LogP contribution is 1.56. The van der Waals surface area contributed by atoms with Gasteiger partial charge in [-0.15, -0.1) is 0 Å². The van der Waals surface area contributed by atoms with Crippen molar-refractivity contribution in [1.82, 2.24) is 0 Å². The van der Waals surface area contributed by atoms with E-state index < -0.39 is 6.93 Å². The molecule has 0 aromatic heterocycles. The summed E-state index contributed by atoms with van der Waals surface area (Å²) in [5.41, 5.74) is 0. The Morgan fingerprint density at radius 3 is 1.25 bits per heavy atom. The van der Waals surface area contributed by atoms with Crippen LogP contribution in [0.4, 0.5) is 13.5 Å². The minimum absolute atomic E-state index is 0. The van der Waals surface area contributed by atoms with Gasteiger partial charge in [0.1, 0.15) is 0 Å². The second-order valence-electron chi connectivity index (χ2n) is 0.101. The lowest BCUT2D eigenvalue weighted by Crippen LogP contribution is -1.34. The summed E-state index contributed by atoms with van der Waals surface area (Å²) in [6.45, 7) is -1.75. The average Bonchev–Trinajstić information content (AvgIpc) is 0.918. The van der Waals surface area contributed by atoms with Crippen LogP contribution in [0.2, 0.25) is 0 Å². The molecule has 0 aromatic carbocycles.